The third-order valence-electron chi connectivity index (χ3n) is 3.18. The normalized spacial score (nSPS) is 11.5. The van der Waals surface area contributed by atoms with Crippen LogP contribution in [0.15, 0.2) is 62.7 Å². The summed E-state index contributed by atoms with van der Waals surface area (Å²) in [6.07, 6.45) is 1.56. The van der Waals surface area contributed by atoms with Crippen molar-refractivity contribution in [3.8, 4) is 11.5 Å². The first-order chi connectivity index (χ1) is 11.1. The van der Waals surface area contributed by atoms with Gasteiger partial charge in [0.2, 0.25) is 0 Å². The van der Waals surface area contributed by atoms with Gasteiger partial charge in [0.1, 0.15) is 5.69 Å². The number of amides is 1. The summed E-state index contributed by atoms with van der Waals surface area (Å²) in [6.45, 7) is 1.82. The fourth-order valence-corrected chi connectivity index (χ4v) is 2.21. The van der Waals surface area contributed by atoms with Crippen LogP contribution in [-0.4, -0.2) is 21.8 Å². The van der Waals surface area contributed by atoms with Gasteiger partial charge in [-0.1, -0.05) is 28.1 Å². The molecule has 0 fully saturated rings. The molecule has 0 spiro atoms. The number of furan rings is 1. The molecule has 0 saturated heterocycles. The lowest BCUT2D eigenvalue weighted by Gasteiger charge is -2.01. The Morgan fingerprint density at radius 2 is 2.09 bits per heavy atom. The molecule has 1 amide bonds. The van der Waals surface area contributed by atoms with Gasteiger partial charge in [0.15, 0.2) is 11.5 Å². The number of rotatable bonds is 4. The van der Waals surface area contributed by atoms with Crippen molar-refractivity contribution in [2.24, 2.45) is 5.10 Å². The molecule has 0 saturated carbocycles. The Balaban J connectivity index is 1.69. The van der Waals surface area contributed by atoms with E-state index in [2.05, 4.69) is 36.7 Å². The van der Waals surface area contributed by atoms with Gasteiger partial charge < -0.3 is 4.42 Å². The Labute approximate surface area is 140 Å². The number of benzene rings is 1. The molecule has 0 bridgehead atoms. The molecule has 0 aliphatic carbocycles. The molecule has 0 aliphatic rings. The second-order valence-electron chi connectivity index (χ2n) is 4.79. The summed E-state index contributed by atoms with van der Waals surface area (Å²) in [5.41, 5.74) is 4.99. The lowest BCUT2D eigenvalue weighted by molar-refractivity contribution is 0.0950. The van der Waals surface area contributed by atoms with Crippen LogP contribution in [-0.2, 0) is 0 Å². The highest BCUT2D eigenvalue weighted by Crippen LogP contribution is 2.17. The van der Waals surface area contributed by atoms with E-state index in [1.54, 1.807) is 24.5 Å². The van der Waals surface area contributed by atoms with E-state index >= 15 is 0 Å². The van der Waals surface area contributed by atoms with Crippen molar-refractivity contribution in [2.75, 3.05) is 0 Å². The Morgan fingerprint density at radius 1 is 1.30 bits per heavy atom. The number of aromatic amines is 1. The fourth-order valence-electron chi connectivity index (χ4n) is 1.94. The van der Waals surface area contributed by atoms with Crippen LogP contribution in [0.1, 0.15) is 23.0 Å². The zero-order valence-corrected chi connectivity index (χ0v) is 13.8. The number of aromatic nitrogens is 2. The minimum absolute atomic E-state index is 0.240. The van der Waals surface area contributed by atoms with Crippen LogP contribution < -0.4 is 5.43 Å². The predicted octanol–water partition coefficient (Wildman–Crippen LogP) is 3.59. The van der Waals surface area contributed by atoms with E-state index in [4.69, 9.17) is 4.42 Å². The molecule has 2 heterocycles. The third kappa shape index (κ3) is 3.57. The van der Waals surface area contributed by atoms with Crippen molar-refractivity contribution in [3.05, 3.63) is 64.5 Å². The predicted molar refractivity (Wildman–Crippen MR) is 90.1 cm³/mol. The summed E-state index contributed by atoms with van der Waals surface area (Å²) < 4.78 is 6.23. The van der Waals surface area contributed by atoms with E-state index in [1.165, 1.54) is 0 Å². The molecule has 2 N–H and O–H groups in total. The zero-order chi connectivity index (χ0) is 16.2. The molecule has 0 unspecified atom stereocenters. The van der Waals surface area contributed by atoms with Gasteiger partial charge in [-0.3, -0.25) is 9.89 Å². The van der Waals surface area contributed by atoms with Crippen molar-refractivity contribution in [1.29, 1.82) is 0 Å². The number of hydrogen-bond donors (Lipinski definition) is 2. The van der Waals surface area contributed by atoms with E-state index in [9.17, 15) is 4.79 Å². The van der Waals surface area contributed by atoms with Crippen LogP contribution in [0.3, 0.4) is 0 Å². The van der Waals surface area contributed by atoms with Gasteiger partial charge in [0.25, 0.3) is 5.91 Å². The second kappa shape index (κ2) is 6.62. The molecule has 2 aromatic heterocycles. The molecule has 3 aromatic rings. The highest BCUT2D eigenvalue weighted by atomic mass is 79.9. The van der Waals surface area contributed by atoms with E-state index in [0.29, 0.717) is 17.2 Å². The van der Waals surface area contributed by atoms with Crippen LogP contribution >= 0.6 is 15.9 Å². The number of carbonyl (C=O) groups excluding carboxylic acids is 1. The van der Waals surface area contributed by atoms with E-state index in [0.717, 1.165) is 10.0 Å². The monoisotopic (exact) mass is 372 g/mol. The molecule has 3 rings (SSSR count). The molecule has 6 nitrogen and oxygen atoms in total. The van der Waals surface area contributed by atoms with E-state index < -0.39 is 5.91 Å². The quantitative estimate of drug-likeness (QED) is 0.542. The first kappa shape index (κ1) is 15.2. The van der Waals surface area contributed by atoms with Crippen LogP contribution in [0.25, 0.3) is 11.5 Å². The number of H-pyrrole nitrogens is 1. The first-order valence-electron chi connectivity index (χ1n) is 6.83. The van der Waals surface area contributed by atoms with Crippen molar-refractivity contribution in [2.45, 2.75) is 6.92 Å². The summed E-state index contributed by atoms with van der Waals surface area (Å²) in [4.78, 5) is 12.1. The topological polar surface area (TPSA) is 83.3 Å². The number of nitrogens with one attached hydrogen (secondary N) is 2. The van der Waals surface area contributed by atoms with Crippen LogP contribution in [0.4, 0.5) is 0 Å². The van der Waals surface area contributed by atoms with Gasteiger partial charge in [0, 0.05) is 10.5 Å². The second-order valence-corrected chi connectivity index (χ2v) is 5.70. The van der Waals surface area contributed by atoms with E-state index in [1.807, 2.05) is 31.2 Å². The molecule has 116 valence electrons. The van der Waals surface area contributed by atoms with Crippen molar-refractivity contribution in [1.82, 2.24) is 15.6 Å². The smallest absolute Gasteiger partial charge is 0.291 e. The fraction of sp³-hybridized carbons (Fsp3) is 0.0625. The Morgan fingerprint density at radius 3 is 2.78 bits per heavy atom. The number of hydrogen-bond acceptors (Lipinski definition) is 4. The van der Waals surface area contributed by atoms with Crippen LogP contribution in [0.5, 0.6) is 0 Å². The maximum atomic E-state index is 12.1. The molecule has 0 aliphatic heterocycles. The molecular formula is C16H13BrN4O2. The largest absolute Gasteiger partial charge is 0.463 e. The summed E-state index contributed by atoms with van der Waals surface area (Å²) >= 11 is 3.38. The number of hydrazone groups is 1. The Bertz CT molecular complexity index is 835. The minimum atomic E-state index is -0.393. The summed E-state index contributed by atoms with van der Waals surface area (Å²) in [5, 5.41) is 10.8. The maximum Gasteiger partial charge on any atom is 0.291 e. The average Bonchev–Trinajstić information content (AvgIpc) is 3.23. The SMILES string of the molecule is CC(=NNC(=O)c1cc(-c2ccco2)[nH]n1)c1ccc(Br)cc1. The molecule has 0 atom stereocenters. The van der Waals surface area contributed by atoms with Gasteiger partial charge in [-0.2, -0.15) is 10.2 Å². The maximum absolute atomic E-state index is 12.1. The molecule has 1 aromatic carbocycles. The number of halogens is 1. The third-order valence-corrected chi connectivity index (χ3v) is 3.71. The average molecular weight is 373 g/mol. The van der Waals surface area contributed by atoms with Gasteiger partial charge in [-0.15, -0.1) is 0 Å². The molecule has 23 heavy (non-hydrogen) atoms. The minimum Gasteiger partial charge on any atom is -0.463 e. The summed E-state index contributed by atoms with van der Waals surface area (Å²) in [6, 6.07) is 12.8. The molecule has 7 heteroatoms. The lowest BCUT2D eigenvalue weighted by Crippen LogP contribution is -2.19. The lowest BCUT2D eigenvalue weighted by atomic mass is 10.1. The Kier molecular flexibility index (Phi) is 4.38. The van der Waals surface area contributed by atoms with Crippen LogP contribution in [0, 0.1) is 0 Å². The Hall–Kier alpha value is -2.67. The van der Waals surface area contributed by atoms with Gasteiger partial charge in [-0.25, -0.2) is 5.43 Å². The first-order valence-corrected chi connectivity index (χ1v) is 7.62. The zero-order valence-electron chi connectivity index (χ0n) is 12.2. The number of nitrogens with zero attached hydrogens (tertiary/aromatic N) is 2. The van der Waals surface area contributed by atoms with Crippen LogP contribution in [0.2, 0.25) is 0 Å². The van der Waals surface area contributed by atoms with Crippen molar-refractivity contribution in [3.63, 3.8) is 0 Å². The van der Waals surface area contributed by atoms with Gasteiger partial charge in [0.05, 0.1) is 12.0 Å². The van der Waals surface area contributed by atoms with E-state index in [-0.39, 0.29) is 5.69 Å². The highest BCUT2D eigenvalue weighted by Gasteiger charge is 2.12. The van der Waals surface area contributed by atoms with Crippen molar-refractivity contribution >= 4 is 27.5 Å². The van der Waals surface area contributed by atoms with Gasteiger partial charge in [-0.05, 0) is 36.8 Å². The standard InChI is InChI=1S/C16H13BrN4O2/c1-10(11-4-6-12(17)7-5-11)18-21-16(22)14-9-13(19-20-14)15-3-2-8-23-15/h2-9H,1H3,(H,19,20)(H,21,22). The molecule has 0 radical (unpaired) electrons. The summed E-state index contributed by atoms with van der Waals surface area (Å²) in [7, 11) is 0. The molecular weight excluding hydrogens is 360 g/mol. The number of carbonyl (C=O) groups is 1. The van der Waals surface area contributed by atoms with Crippen molar-refractivity contribution < 1.29 is 9.21 Å². The van der Waals surface area contributed by atoms with Gasteiger partial charge >= 0.3 is 0 Å². The summed E-state index contributed by atoms with van der Waals surface area (Å²) in [5.74, 6) is 0.224. The highest BCUT2D eigenvalue weighted by molar-refractivity contribution is 9.10.